The van der Waals surface area contributed by atoms with E-state index in [4.69, 9.17) is 0 Å². The zero-order chi connectivity index (χ0) is 10.5. The maximum absolute atomic E-state index is 4.28. The number of nitrogens with one attached hydrogen (secondary N) is 2. The molecule has 0 aliphatic carbocycles. The summed E-state index contributed by atoms with van der Waals surface area (Å²) in [5, 5.41) is 6.94. The average Bonchev–Trinajstić information content (AvgIpc) is 2.80. The summed E-state index contributed by atoms with van der Waals surface area (Å²) in [4.78, 5) is 8.35. The molecule has 2 heterocycles. The van der Waals surface area contributed by atoms with Gasteiger partial charge in [0.15, 0.2) is 0 Å². The lowest BCUT2D eigenvalue weighted by atomic mass is 10.2. The Labute approximate surface area is 90.5 Å². The van der Waals surface area contributed by atoms with Crippen molar-refractivity contribution < 1.29 is 0 Å². The quantitative estimate of drug-likeness (QED) is 0.768. The van der Waals surface area contributed by atoms with Crippen molar-refractivity contribution >= 4 is 0 Å². The fourth-order valence-corrected chi connectivity index (χ4v) is 1.89. The maximum atomic E-state index is 4.28. The van der Waals surface area contributed by atoms with Crippen LogP contribution in [0.15, 0.2) is 18.6 Å². The molecule has 1 aliphatic rings. The minimum Gasteiger partial charge on any atom is -0.313 e. The van der Waals surface area contributed by atoms with Gasteiger partial charge < -0.3 is 10.6 Å². The summed E-state index contributed by atoms with van der Waals surface area (Å²) in [7, 11) is 0. The molecule has 1 fully saturated rings. The monoisotopic (exact) mass is 206 g/mol. The number of rotatable bonds is 4. The van der Waals surface area contributed by atoms with Crippen LogP contribution in [0, 0.1) is 0 Å². The number of nitrogens with zero attached hydrogens (tertiary/aromatic N) is 2. The van der Waals surface area contributed by atoms with Gasteiger partial charge in [-0.1, -0.05) is 0 Å². The number of hydrogen-bond donors (Lipinski definition) is 2. The zero-order valence-corrected chi connectivity index (χ0v) is 9.11. The van der Waals surface area contributed by atoms with Crippen molar-refractivity contribution in [2.24, 2.45) is 0 Å². The molecule has 0 bridgehead atoms. The van der Waals surface area contributed by atoms with E-state index in [1.54, 1.807) is 12.4 Å². The first-order valence-corrected chi connectivity index (χ1v) is 5.59. The van der Waals surface area contributed by atoms with Crippen molar-refractivity contribution in [1.82, 2.24) is 20.6 Å². The van der Waals surface area contributed by atoms with Crippen molar-refractivity contribution in [2.75, 3.05) is 13.1 Å². The lowest BCUT2D eigenvalue weighted by Gasteiger charge is -2.16. The van der Waals surface area contributed by atoms with Gasteiger partial charge in [0.25, 0.3) is 0 Å². The number of aromatic nitrogens is 2. The van der Waals surface area contributed by atoms with Gasteiger partial charge in [-0.2, -0.15) is 0 Å². The van der Waals surface area contributed by atoms with E-state index >= 15 is 0 Å². The Morgan fingerprint density at radius 3 is 3.20 bits per heavy atom. The first-order valence-electron chi connectivity index (χ1n) is 5.59. The highest BCUT2D eigenvalue weighted by molar-refractivity contribution is 5.00. The van der Waals surface area contributed by atoms with E-state index < -0.39 is 0 Å². The fraction of sp³-hybridized carbons (Fsp3) is 0.636. The Balaban J connectivity index is 1.79. The van der Waals surface area contributed by atoms with Crippen LogP contribution in [0.2, 0.25) is 0 Å². The minimum absolute atomic E-state index is 0.279. The third kappa shape index (κ3) is 2.97. The molecule has 1 aliphatic heterocycles. The molecular weight excluding hydrogens is 188 g/mol. The second kappa shape index (κ2) is 5.19. The molecule has 0 saturated carbocycles. The van der Waals surface area contributed by atoms with E-state index in [0.29, 0.717) is 6.04 Å². The predicted molar refractivity (Wildman–Crippen MR) is 59.5 cm³/mol. The molecule has 15 heavy (non-hydrogen) atoms. The predicted octanol–water partition coefficient (Wildman–Crippen LogP) is 0.879. The van der Waals surface area contributed by atoms with Crippen molar-refractivity contribution in [1.29, 1.82) is 0 Å². The highest BCUT2D eigenvalue weighted by atomic mass is 15.0. The molecule has 1 aromatic heterocycles. The molecule has 0 radical (unpaired) electrons. The molecule has 1 aromatic rings. The van der Waals surface area contributed by atoms with Crippen molar-refractivity contribution in [3.05, 3.63) is 24.3 Å². The third-order valence-corrected chi connectivity index (χ3v) is 2.86. The van der Waals surface area contributed by atoms with Crippen LogP contribution in [0.25, 0.3) is 0 Å². The first-order chi connectivity index (χ1) is 7.36. The smallest absolute Gasteiger partial charge is 0.0753 e. The first kappa shape index (κ1) is 10.5. The number of hydrogen-bond acceptors (Lipinski definition) is 4. The summed E-state index contributed by atoms with van der Waals surface area (Å²) in [6, 6.07) is 0.908. The minimum atomic E-state index is 0.279. The van der Waals surface area contributed by atoms with Crippen LogP contribution in [0.5, 0.6) is 0 Å². The summed E-state index contributed by atoms with van der Waals surface area (Å²) in [5.74, 6) is 0. The normalized spacial score (nSPS) is 22.9. The van der Waals surface area contributed by atoms with Crippen molar-refractivity contribution in [3.8, 4) is 0 Å². The Morgan fingerprint density at radius 1 is 1.60 bits per heavy atom. The molecule has 4 nitrogen and oxygen atoms in total. The average molecular weight is 206 g/mol. The third-order valence-electron chi connectivity index (χ3n) is 2.86. The van der Waals surface area contributed by atoms with Crippen LogP contribution in [0.4, 0.5) is 0 Å². The summed E-state index contributed by atoms with van der Waals surface area (Å²) >= 11 is 0. The SMILES string of the molecule is C[C@H](NC[C@H]1CCCN1)c1cnccn1. The van der Waals surface area contributed by atoms with Crippen LogP contribution < -0.4 is 10.6 Å². The van der Waals surface area contributed by atoms with Gasteiger partial charge >= 0.3 is 0 Å². The molecule has 2 atom stereocenters. The Bertz CT molecular complexity index is 282. The maximum Gasteiger partial charge on any atom is 0.0753 e. The molecule has 0 spiro atoms. The summed E-state index contributed by atoms with van der Waals surface area (Å²) in [5.41, 5.74) is 1.01. The topological polar surface area (TPSA) is 49.8 Å². The second-order valence-corrected chi connectivity index (χ2v) is 4.05. The summed E-state index contributed by atoms with van der Waals surface area (Å²) in [6.45, 7) is 4.29. The molecule has 0 amide bonds. The van der Waals surface area contributed by atoms with E-state index in [9.17, 15) is 0 Å². The van der Waals surface area contributed by atoms with Gasteiger partial charge in [-0.15, -0.1) is 0 Å². The van der Waals surface area contributed by atoms with Gasteiger partial charge in [0.2, 0.25) is 0 Å². The second-order valence-electron chi connectivity index (χ2n) is 4.05. The van der Waals surface area contributed by atoms with Gasteiger partial charge in [0, 0.05) is 37.2 Å². The Kier molecular flexibility index (Phi) is 3.64. The summed E-state index contributed by atoms with van der Waals surface area (Å²) < 4.78 is 0. The van der Waals surface area contributed by atoms with Crippen LogP contribution in [0.1, 0.15) is 31.5 Å². The molecule has 0 unspecified atom stereocenters. The molecule has 0 aromatic carbocycles. The molecule has 2 N–H and O–H groups in total. The van der Waals surface area contributed by atoms with E-state index in [0.717, 1.165) is 18.8 Å². The Hall–Kier alpha value is -1.00. The van der Waals surface area contributed by atoms with Crippen LogP contribution >= 0.6 is 0 Å². The van der Waals surface area contributed by atoms with E-state index in [2.05, 4.69) is 27.5 Å². The zero-order valence-electron chi connectivity index (χ0n) is 9.11. The fourth-order valence-electron chi connectivity index (χ4n) is 1.89. The van der Waals surface area contributed by atoms with Crippen LogP contribution in [0.3, 0.4) is 0 Å². The van der Waals surface area contributed by atoms with E-state index in [1.165, 1.54) is 12.8 Å². The van der Waals surface area contributed by atoms with Crippen molar-refractivity contribution in [3.63, 3.8) is 0 Å². The van der Waals surface area contributed by atoms with Gasteiger partial charge in [-0.25, -0.2) is 0 Å². The standard InChI is InChI=1S/C11H18N4/c1-9(11-8-12-5-6-14-11)15-7-10-3-2-4-13-10/h5-6,8-10,13,15H,2-4,7H2,1H3/t9-,10+/m0/s1. The molecular formula is C11H18N4. The van der Waals surface area contributed by atoms with Gasteiger partial charge in [-0.05, 0) is 26.3 Å². The van der Waals surface area contributed by atoms with E-state index in [1.807, 2.05) is 6.20 Å². The molecule has 2 rings (SSSR count). The molecule has 82 valence electrons. The van der Waals surface area contributed by atoms with Crippen LogP contribution in [-0.2, 0) is 0 Å². The lowest BCUT2D eigenvalue weighted by Crippen LogP contribution is -2.35. The van der Waals surface area contributed by atoms with Gasteiger partial charge in [0.05, 0.1) is 5.69 Å². The van der Waals surface area contributed by atoms with Crippen LogP contribution in [-0.4, -0.2) is 29.1 Å². The van der Waals surface area contributed by atoms with Gasteiger partial charge in [-0.3, -0.25) is 9.97 Å². The van der Waals surface area contributed by atoms with E-state index in [-0.39, 0.29) is 6.04 Å². The summed E-state index contributed by atoms with van der Waals surface area (Å²) in [6.07, 6.45) is 7.84. The highest BCUT2D eigenvalue weighted by Crippen LogP contribution is 2.08. The Morgan fingerprint density at radius 2 is 2.53 bits per heavy atom. The van der Waals surface area contributed by atoms with Crippen molar-refractivity contribution in [2.45, 2.75) is 31.8 Å². The molecule has 4 heteroatoms. The van der Waals surface area contributed by atoms with Gasteiger partial charge in [0.1, 0.15) is 0 Å². The largest absolute Gasteiger partial charge is 0.313 e. The highest BCUT2D eigenvalue weighted by Gasteiger charge is 2.15. The molecule has 1 saturated heterocycles. The lowest BCUT2D eigenvalue weighted by molar-refractivity contribution is 0.483.